The molecule has 5 heteroatoms. The van der Waals surface area contributed by atoms with Crippen LogP contribution in [0.25, 0.3) is 0 Å². The molecule has 1 heterocycles. The molecule has 0 aliphatic carbocycles. The molecule has 2 N–H and O–H groups in total. The van der Waals surface area contributed by atoms with Crippen LogP contribution in [0.2, 0.25) is 0 Å². The van der Waals surface area contributed by atoms with Crippen molar-refractivity contribution >= 4 is 6.21 Å². The van der Waals surface area contributed by atoms with Crippen molar-refractivity contribution in [2.45, 2.75) is 39.7 Å². The van der Waals surface area contributed by atoms with Crippen LogP contribution in [-0.4, -0.2) is 60.5 Å². The van der Waals surface area contributed by atoms with Gasteiger partial charge >= 0.3 is 0 Å². The maximum Gasteiger partial charge on any atom is 0.0548 e. The van der Waals surface area contributed by atoms with Crippen molar-refractivity contribution in [3.63, 3.8) is 0 Å². The number of aliphatic hydroxyl groups excluding tert-OH is 1. The molecule has 0 aliphatic heterocycles. The Bertz CT molecular complexity index is 716. The van der Waals surface area contributed by atoms with Gasteiger partial charge in [-0.1, -0.05) is 44.2 Å². The molecule has 0 saturated heterocycles. The fourth-order valence-corrected chi connectivity index (χ4v) is 3.46. The van der Waals surface area contributed by atoms with Crippen LogP contribution < -0.4 is 5.32 Å². The van der Waals surface area contributed by atoms with Gasteiger partial charge in [-0.2, -0.15) is 0 Å². The van der Waals surface area contributed by atoms with E-state index in [0.717, 1.165) is 43.9 Å². The van der Waals surface area contributed by atoms with E-state index in [1.54, 1.807) is 0 Å². The summed E-state index contributed by atoms with van der Waals surface area (Å²) in [5.41, 5.74) is 3.33. The van der Waals surface area contributed by atoms with Crippen LogP contribution in [0.1, 0.15) is 43.5 Å². The topological polar surface area (TPSA) is 60.8 Å². The Morgan fingerprint density at radius 3 is 2.67 bits per heavy atom. The largest absolute Gasteiger partial charge is 0.396 e. The van der Waals surface area contributed by atoms with Gasteiger partial charge in [0.2, 0.25) is 0 Å². The summed E-state index contributed by atoms with van der Waals surface area (Å²) >= 11 is 0. The lowest BCUT2D eigenvalue weighted by Crippen LogP contribution is -2.25. The molecule has 1 unspecified atom stereocenters. The first-order valence-electron chi connectivity index (χ1n) is 11.3. The van der Waals surface area contributed by atoms with E-state index in [-0.39, 0.29) is 12.5 Å². The second-order valence-corrected chi connectivity index (χ2v) is 7.72. The lowest BCUT2D eigenvalue weighted by molar-refractivity contribution is 0.230. The summed E-state index contributed by atoms with van der Waals surface area (Å²) < 4.78 is 0. The minimum atomic E-state index is 0.142. The number of hydrogen-bond donors (Lipinski definition) is 2. The monoisotopic (exact) mass is 410 g/mol. The molecule has 0 radical (unpaired) electrons. The number of aliphatic hydroxyl groups is 1. The van der Waals surface area contributed by atoms with Crippen LogP contribution in [-0.2, 0) is 13.0 Å². The van der Waals surface area contributed by atoms with Crippen molar-refractivity contribution in [2.24, 2.45) is 10.9 Å². The van der Waals surface area contributed by atoms with Crippen LogP contribution in [0.4, 0.5) is 0 Å². The zero-order chi connectivity index (χ0) is 21.4. The van der Waals surface area contributed by atoms with Gasteiger partial charge in [0.25, 0.3) is 0 Å². The Kier molecular flexibility index (Phi) is 12.0. The fourth-order valence-electron chi connectivity index (χ4n) is 3.46. The standard InChI is InChI=1S/C25H38N4O/c1-3-29(4-2)15-9-8-13-26-20-25-17-23(12-14-28-25)18-27-19-24(21-30)16-22-10-6-5-7-11-22/h5-7,10-12,14,17-18,24,26,30H,3-4,8-9,13,15-16,19-21H2,1-2H3. The maximum atomic E-state index is 9.65. The number of aromatic nitrogens is 1. The predicted molar refractivity (Wildman–Crippen MR) is 126 cm³/mol. The predicted octanol–water partition coefficient (Wildman–Crippen LogP) is 3.56. The quantitative estimate of drug-likeness (QED) is 0.348. The summed E-state index contributed by atoms with van der Waals surface area (Å²) in [6.45, 7) is 10.4. The zero-order valence-corrected chi connectivity index (χ0v) is 18.6. The average molecular weight is 411 g/mol. The van der Waals surface area contributed by atoms with E-state index >= 15 is 0 Å². The minimum absolute atomic E-state index is 0.142. The van der Waals surface area contributed by atoms with Crippen LogP contribution in [0, 0.1) is 5.92 Å². The van der Waals surface area contributed by atoms with E-state index in [1.165, 1.54) is 24.9 Å². The Hall–Kier alpha value is -2.08. The molecule has 0 bridgehead atoms. The minimum Gasteiger partial charge on any atom is -0.396 e. The molecule has 30 heavy (non-hydrogen) atoms. The first-order chi connectivity index (χ1) is 14.7. The summed E-state index contributed by atoms with van der Waals surface area (Å²) in [6, 6.07) is 14.3. The Balaban J connectivity index is 1.71. The third-order valence-electron chi connectivity index (χ3n) is 5.35. The van der Waals surface area contributed by atoms with E-state index in [1.807, 2.05) is 36.7 Å². The van der Waals surface area contributed by atoms with Gasteiger partial charge in [0.1, 0.15) is 0 Å². The van der Waals surface area contributed by atoms with Gasteiger partial charge < -0.3 is 15.3 Å². The molecule has 1 aromatic carbocycles. The second kappa shape index (κ2) is 14.8. The highest BCUT2D eigenvalue weighted by Gasteiger charge is 2.07. The smallest absolute Gasteiger partial charge is 0.0548 e. The van der Waals surface area contributed by atoms with Crippen molar-refractivity contribution in [2.75, 3.05) is 39.3 Å². The van der Waals surface area contributed by atoms with Crippen molar-refractivity contribution in [3.8, 4) is 0 Å². The van der Waals surface area contributed by atoms with E-state index in [9.17, 15) is 5.11 Å². The normalized spacial score (nSPS) is 12.7. The first kappa shape index (κ1) is 24.2. The van der Waals surface area contributed by atoms with Crippen molar-refractivity contribution in [1.29, 1.82) is 0 Å². The number of unbranched alkanes of at least 4 members (excludes halogenated alkanes) is 1. The SMILES string of the molecule is CCN(CC)CCCCNCc1cc(C=NCC(CO)Cc2ccccc2)ccn1. The van der Waals surface area contributed by atoms with Crippen molar-refractivity contribution in [1.82, 2.24) is 15.2 Å². The summed E-state index contributed by atoms with van der Waals surface area (Å²) in [5.74, 6) is 0.142. The molecular weight excluding hydrogens is 372 g/mol. The molecule has 2 aromatic rings. The molecule has 0 amide bonds. The van der Waals surface area contributed by atoms with Gasteiger partial charge in [0.15, 0.2) is 0 Å². The van der Waals surface area contributed by atoms with Crippen molar-refractivity contribution in [3.05, 3.63) is 65.5 Å². The number of nitrogens with zero attached hydrogens (tertiary/aromatic N) is 3. The molecule has 0 aliphatic rings. The lowest BCUT2D eigenvalue weighted by atomic mass is 10.0. The number of aliphatic imine (C=N–C) groups is 1. The molecule has 164 valence electrons. The zero-order valence-electron chi connectivity index (χ0n) is 18.6. The molecule has 0 spiro atoms. The van der Waals surface area contributed by atoms with Crippen molar-refractivity contribution < 1.29 is 5.11 Å². The Morgan fingerprint density at radius 2 is 1.93 bits per heavy atom. The molecular formula is C25H38N4O. The average Bonchev–Trinajstić information content (AvgIpc) is 2.79. The van der Waals surface area contributed by atoms with Gasteiger partial charge in [-0.15, -0.1) is 0 Å². The number of rotatable bonds is 15. The summed E-state index contributed by atoms with van der Waals surface area (Å²) in [4.78, 5) is 11.5. The van der Waals surface area contributed by atoms with Crippen LogP contribution in [0.5, 0.6) is 0 Å². The van der Waals surface area contributed by atoms with E-state index in [0.29, 0.717) is 6.54 Å². The highest BCUT2D eigenvalue weighted by molar-refractivity contribution is 5.79. The maximum absolute atomic E-state index is 9.65. The highest BCUT2D eigenvalue weighted by atomic mass is 16.3. The first-order valence-corrected chi connectivity index (χ1v) is 11.3. The number of benzene rings is 1. The molecule has 1 aromatic heterocycles. The number of nitrogens with one attached hydrogen (secondary N) is 1. The molecule has 0 fully saturated rings. The van der Waals surface area contributed by atoms with Crippen LogP contribution >= 0.6 is 0 Å². The van der Waals surface area contributed by atoms with Gasteiger partial charge in [0.05, 0.1) is 5.69 Å². The fraction of sp³-hybridized carbons (Fsp3) is 0.520. The van der Waals surface area contributed by atoms with E-state index in [4.69, 9.17) is 0 Å². The van der Waals surface area contributed by atoms with Gasteiger partial charge in [-0.25, -0.2) is 0 Å². The molecule has 0 saturated carbocycles. The van der Waals surface area contributed by atoms with Gasteiger partial charge in [0, 0.05) is 38.0 Å². The van der Waals surface area contributed by atoms with Crippen LogP contribution in [0.15, 0.2) is 53.7 Å². The van der Waals surface area contributed by atoms with Gasteiger partial charge in [-0.3, -0.25) is 9.98 Å². The summed E-state index contributed by atoms with van der Waals surface area (Å²) in [6.07, 6.45) is 6.98. The van der Waals surface area contributed by atoms with Crippen LogP contribution in [0.3, 0.4) is 0 Å². The van der Waals surface area contributed by atoms with E-state index < -0.39 is 0 Å². The molecule has 5 nitrogen and oxygen atoms in total. The molecule has 1 atom stereocenters. The molecule has 2 rings (SSSR count). The lowest BCUT2D eigenvalue weighted by Gasteiger charge is -2.17. The highest BCUT2D eigenvalue weighted by Crippen LogP contribution is 2.09. The Morgan fingerprint density at radius 1 is 1.13 bits per heavy atom. The third-order valence-corrected chi connectivity index (χ3v) is 5.35. The number of hydrogen-bond acceptors (Lipinski definition) is 5. The summed E-state index contributed by atoms with van der Waals surface area (Å²) in [5, 5.41) is 13.1. The number of pyridine rings is 1. The third kappa shape index (κ3) is 9.61. The van der Waals surface area contributed by atoms with E-state index in [2.05, 4.69) is 52.2 Å². The van der Waals surface area contributed by atoms with Gasteiger partial charge in [-0.05, 0) is 68.7 Å². The summed E-state index contributed by atoms with van der Waals surface area (Å²) in [7, 11) is 0. The Labute approximate surface area is 182 Å². The second-order valence-electron chi connectivity index (χ2n) is 7.72.